The number of quaternary nitrogens is 1. The van der Waals surface area contributed by atoms with Crippen molar-refractivity contribution in [1.29, 1.82) is 0 Å². The maximum atomic E-state index is 12.1. The Morgan fingerprint density at radius 2 is 1.36 bits per heavy atom. The molecule has 0 saturated heterocycles. The molecule has 4 heteroatoms. The zero-order chi connectivity index (χ0) is 25.9. The molecule has 0 fully saturated rings. The Hall–Kier alpha value is -2.33. The van der Waals surface area contributed by atoms with Gasteiger partial charge in [-0.2, -0.15) is 0 Å². The van der Waals surface area contributed by atoms with Gasteiger partial charge in [-0.25, -0.2) is 0 Å². The summed E-state index contributed by atoms with van der Waals surface area (Å²) in [6, 6.07) is 18.9. The van der Waals surface area contributed by atoms with Crippen molar-refractivity contribution < 1.29 is 18.8 Å². The van der Waals surface area contributed by atoms with E-state index in [1.807, 2.05) is 6.07 Å². The average molecular weight is 497 g/mol. The minimum absolute atomic E-state index is 0.130. The fraction of sp³-hybridized carbons (Fsp3) is 0.594. The molecule has 0 unspecified atom stereocenters. The molecule has 36 heavy (non-hydrogen) atoms. The van der Waals surface area contributed by atoms with Crippen LogP contribution in [0.2, 0.25) is 0 Å². The minimum atomic E-state index is -0.130. The van der Waals surface area contributed by atoms with Crippen molar-refractivity contribution in [3.05, 3.63) is 65.7 Å². The highest BCUT2D eigenvalue weighted by atomic mass is 16.5. The van der Waals surface area contributed by atoms with Crippen LogP contribution in [-0.2, 0) is 22.5 Å². The Labute approximate surface area is 220 Å². The molecule has 0 aliphatic carbocycles. The quantitative estimate of drug-likeness (QED) is 0.107. The van der Waals surface area contributed by atoms with Crippen LogP contribution >= 0.6 is 0 Å². The van der Waals surface area contributed by atoms with E-state index in [-0.39, 0.29) is 5.97 Å². The van der Waals surface area contributed by atoms with Gasteiger partial charge in [0.15, 0.2) is 0 Å². The molecule has 200 valence electrons. The minimum Gasteiger partial charge on any atom is -0.493 e. The number of esters is 1. The Morgan fingerprint density at radius 3 is 2.03 bits per heavy atom. The van der Waals surface area contributed by atoms with E-state index in [4.69, 9.17) is 9.47 Å². The monoisotopic (exact) mass is 496 g/mol. The van der Waals surface area contributed by atoms with Gasteiger partial charge in [0.1, 0.15) is 12.3 Å². The van der Waals surface area contributed by atoms with Crippen molar-refractivity contribution in [3.8, 4) is 5.75 Å². The number of hydrogen-bond donors (Lipinski definition) is 0. The van der Waals surface area contributed by atoms with Crippen LogP contribution in [0.1, 0.15) is 88.7 Å². The number of rotatable bonds is 20. The largest absolute Gasteiger partial charge is 0.493 e. The molecule has 4 nitrogen and oxygen atoms in total. The lowest BCUT2D eigenvalue weighted by Gasteiger charge is -2.29. The molecular formula is C32H50NO3+. The predicted octanol–water partition coefficient (Wildman–Crippen LogP) is 7.74. The van der Waals surface area contributed by atoms with Crippen LogP contribution < -0.4 is 4.74 Å². The second kappa shape index (κ2) is 18.0. The molecule has 2 aromatic rings. The first-order valence-corrected chi connectivity index (χ1v) is 14.2. The molecule has 0 amide bonds. The Balaban J connectivity index is 1.48. The molecule has 0 spiro atoms. The maximum absolute atomic E-state index is 12.1. The summed E-state index contributed by atoms with van der Waals surface area (Å²) in [5.74, 6) is 0.757. The summed E-state index contributed by atoms with van der Waals surface area (Å²) in [6.07, 6.45) is 14.6. The van der Waals surface area contributed by atoms with Crippen molar-refractivity contribution in [2.24, 2.45) is 0 Å². The number of unbranched alkanes of at least 4 members (excludes halogenated alkanes) is 8. The van der Waals surface area contributed by atoms with Gasteiger partial charge in [-0.15, -0.1) is 0 Å². The van der Waals surface area contributed by atoms with Gasteiger partial charge in [-0.3, -0.25) is 4.79 Å². The number of hydrogen-bond acceptors (Lipinski definition) is 3. The summed E-state index contributed by atoms with van der Waals surface area (Å²) in [5, 5.41) is 0. The SMILES string of the molecule is CCCCCCCCCCCc1ccc(OCCCOC(=O)CC[N+](C)(C)Cc2ccccc2)cc1. The molecule has 0 aliphatic heterocycles. The summed E-state index contributed by atoms with van der Waals surface area (Å²) in [4.78, 5) is 12.1. The van der Waals surface area contributed by atoms with Crippen molar-refractivity contribution in [2.45, 2.75) is 90.5 Å². The maximum Gasteiger partial charge on any atom is 0.311 e. The highest BCUT2D eigenvalue weighted by Crippen LogP contribution is 2.16. The fourth-order valence-electron chi connectivity index (χ4n) is 4.45. The lowest BCUT2D eigenvalue weighted by Crippen LogP contribution is -2.40. The number of aryl methyl sites for hydroxylation is 1. The van der Waals surface area contributed by atoms with Gasteiger partial charge in [0.25, 0.3) is 0 Å². The second-order valence-corrected chi connectivity index (χ2v) is 10.7. The van der Waals surface area contributed by atoms with Crippen molar-refractivity contribution in [2.75, 3.05) is 33.9 Å². The molecule has 0 aromatic heterocycles. The van der Waals surface area contributed by atoms with Crippen LogP contribution in [0.3, 0.4) is 0 Å². The predicted molar refractivity (Wildman–Crippen MR) is 150 cm³/mol. The molecule has 0 N–H and O–H groups in total. The van der Waals surface area contributed by atoms with Gasteiger partial charge in [0, 0.05) is 12.0 Å². The van der Waals surface area contributed by atoms with Gasteiger partial charge in [0.2, 0.25) is 0 Å². The van der Waals surface area contributed by atoms with Crippen LogP contribution in [-0.4, -0.2) is 44.3 Å². The van der Waals surface area contributed by atoms with E-state index in [1.54, 1.807) is 0 Å². The normalized spacial score (nSPS) is 11.4. The van der Waals surface area contributed by atoms with Crippen LogP contribution in [0, 0.1) is 0 Å². The van der Waals surface area contributed by atoms with Crippen LogP contribution in [0.25, 0.3) is 0 Å². The standard InChI is InChI=1S/C32H50NO3/c1-4-5-6-7-8-9-10-11-13-17-29-20-22-31(23-21-29)35-26-16-27-36-32(34)24-25-33(2,3)28-30-18-14-12-15-19-30/h12,14-15,18-23H,4-11,13,16-17,24-28H2,1-3H3/q+1. The van der Waals surface area contributed by atoms with E-state index < -0.39 is 0 Å². The molecule has 0 aliphatic rings. The Morgan fingerprint density at radius 1 is 0.722 bits per heavy atom. The lowest BCUT2D eigenvalue weighted by molar-refractivity contribution is -0.903. The molecule has 2 aromatic carbocycles. The number of ether oxygens (including phenoxy) is 2. The van der Waals surface area contributed by atoms with Crippen LogP contribution in [0.5, 0.6) is 5.75 Å². The van der Waals surface area contributed by atoms with Gasteiger partial charge in [-0.1, -0.05) is 101 Å². The van der Waals surface area contributed by atoms with Crippen molar-refractivity contribution >= 4 is 5.97 Å². The molecule has 0 bridgehead atoms. The smallest absolute Gasteiger partial charge is 0.311 e. The first kappa shape index (κ1) is 29.9. The Kier molecular flexibility index (Phi) is 14.9. The van der Waals surface area contributed by atoms with E-state index in [0.29, 0.717) is 26.1 Å². The molecule has 0 heterocycles. The second-order valence-electron chi connectivity index (χ2n) is 10.7. The van der Waals surface area contributed by atoms with E-state index >= 15 is 0 Å². The third-order valence-corrected chi connectivity index (χ3v) is 6.69. The topological polar surface area (TPSA) is 35.5 Å². The van der Waals surface area contributed by atoms with Crippen molar-refractivity contribution in [3.63, 3.8) is 0 Å². The van der Waals surface area contributed by atoms with E-state index in [2.05, 4.69) is 69.6 Å². The molecule has 0 atom stereocenters. The van der Waals surface area contributed by atoms with E-state index in [9.17, 15) is 4.79 Å². The first-order valence-electron chi connectivity index (χ1n) is 14.2. The summed E-state index contributed by atoms with van der Waals surface area (Å²) in [5.41, 5.74) is 2.66. The zero-order valence-electron chi connectivity index (χ0n) is 23.2. The zero-order valence-corrected chi connectivity index (χ0v) is 23.2. The van der Waals surface area contributed by atoms with E-state index in [1.165, 1.54) is 68.9 Å². The molecule has 2 rings (SSSR count). The third kappa shape index (κ3) is 14.3. The summed E-state index contributed by atoms with van der Waals surface area (Å²) < 4.78 is 12.0. The van der Waals surface area contributed by atoms with Crippen LogP contribution in [0.4, 0.5) is 0 Å². The Bertz CT molecular complexity index is 817. The summed E-state index contributed by atoms with van der Waals surface area (Å²) >= 11 is 0. The third-order valence-electron chi connectivity index (χ3n) is 6.69. The lowest BCUT2D eigenvalue weighted by atomic mass is 10.0. The van der Waals surface area contributed by atoms with Gasteiger partial charge < -0.3 is 14.0 Å². The molecule has 0 radical (unpaired) electrons. The number of carbonyl (C=O) groups excluding carboxylic acids is 1. The average Bonchev–Trinajstić information content (AvgIpc) is 2.87. The highest BCUT2D eigenvalue weighted by molar-refractivity contribution is 5.69. The summed E-state index contributed by atoms with van der Waals surface area (Å²) in [7, 11) is 4.30. The van der Waals surface area contributed by atoms with Gasteiger partial charge >= 0.3 is 5.97 Å². The van der Waals surface area contributed by atoms with Gasteiger partial charge in [0.05, 0.1) is 40.3 Å². The van der Waals surface area contributed by atoms with Gasteiger partial charge in [-0.05, 0) is 30.5 Å². The molecular weight excluding hydrogens is 446 g/mol. The fourth-order valence-corrected chi connectivity index (χ4v) is 4.45. The molecule has 0 saturated carbocycles. The number of carbonyl (C=O) groups is 1. The van der Waals surface area contributed by atoms with Crippen molar-refractivity contribution in [1.82, 2.24) is 0 Å². The number of benzene rings is 2. The first-order chi connectivity index (χ1) is 17.5. The number of nitrogens with zero attached hydrogens (tertiary/aromatic N) is 1. The van der Waals surface area contributed by atoms with Crippen LogP contribution in [0.15, 0.2) is 54.6 Å². The highest BCUT2D eigenvalue weighted by Gasteiger charge is 2.18. The van der Waals surface area contributed by atoms with E-state index in [0.717, 1.165) is 29.7 Å². The summed E-state index contributed by atoms with van der Waals surface area (Å²) in [6.45, 7) is 4.90.